The van der Waals surface area contributed by atoms with Gasteiger partial charge < -0.3 is 42.1 Å². The molecule has 0 aliphatic rings. The smallest absolute Gasteiger partial charge is 0.303 e. The van der Waals surface area contributed by atoms with Gasteiger partial charge in [-0.3, -0.25) is 28.8 Å². The van der Waals surface area contributed by atoms with Gasteiger partial charge in [-0.2, -0.15) is 0 Å². The normalized spacial score (nSPS) is 14.8. The lowest BCUT2D eigenvalue weighted by Crippen LogP contribution is -2.58. The fourth-order valence-corrected chi connectivity index (χ4v) is 5.07. The van der Waals surface area contributed by atoms with E-state index in [-0.39, 0.29) is 55.2 Å². The zero-order valence-corrected chi connectivity index (χ0v) is 30.1. The van der Waals surface area contributed by atoms with Crippen LogP contribution in [0.3, 0.4) is 0 Å². The van der Waals surface area contributed by atoms with Crippen molar-refractivity contribution in [3.8, 4) is 5.75 Å². The van der Waals surface area contributed by atoms with Gasteiger partial charge in [0, 0.05) is 32.0 Å². The van der Waals surface area contributed by atoms with Crippen molar-refractivity contribution in [3.63, 3.8) is 0 Å². The van der Waals surface area contributed by atoms with Crippen molar-refractivity contribution in [1.29, 1.82) is 0 Å². The maximum absolute atomic E-state index is 13.7. The third-order valence-corrected chi connectivity index (χ3v) is 8.24. The fraction of sp³-hybridized carbons (Fsp3) is 0.657. The molecule has 1 aromatic rings. The number of carbonyl (C=O) groups excluding carboxylic acids is 5. The van der Waals surface area contributed by atoms with Crippen LogP contribution in [0.25, 0.3) is 0 Å². The number of carboxylic acids is 1. The molecule has 276 valence electrons. The van der Waals surface area contributed by atoms with Crippen molar-refractivity contribution in [2.24, 2.45) is 11.8 Å². The lowest BCUT2D eigenvalue weighted by atomic mass is 9.97. The second-order valence-corrected chi connectivity index (χ2v) is 12.9. The first-order valence-electron chi connectivity index (χ1n) is 17.3. The Balaban J connectivity index is 3.10. The summed E-state index contributed by atoms with van der Waals surface area (Å²) >= 11 is 0. The summed E-state index contributed by atoms with van der Waals surface area (Å²) < 4.78 is 0. The number of carboxylic acid groups (broad SMARTS) is 1. The van der Waals surface area contributed by atoms with E-state index >= 15 is 0 Å². The van der Waals surface area contributed by atoms with Crippen LogP contribution in [-0.4, -0.2) is 89.0 Å². The molecule has 14 heteroatoms. The van der Waals surface area contributed by atoms with Gasteiger partial charge in [-0.25, -0.2) is 0 Å². The molecule has 0 saturated heterocycles. The van der Waals surface area contributed by atoms with Crippen molar-refractivity contribution in [2.45, 2.75) is 124 Å². The lowest BCUT2D eigenvalue weighted by Gasteiger charge is -2.28. The van der Waals surface area contributed by atoms with Crippen LogP contribution in [-0.2, 0) is 35.2 Å². The molecule has 14 nitrogen and oxygen atoms in total. The largest absolute Gasteiger partial charge is 0.508 e. The highest BCUT2D eigenvalue weighted by molar-refractivity contribution is 5.92. The second-order valence-electron chi connectivity index (χ2n) is 12.9. The minimum absolute atomic E-state index is 0.0438. The zero-order valence-electron chi connectivity index (χ0n) is 30.1. The van der Waals surface area contributed by atoms with Gasteiger partial charge in [0.15, 0.2) is 0 Å². The highest BCUT2D eigenvalue weighted by atomic mass is 16.4. The van der Waals surface area contributed by atoms with Crippen molar-refractivity contribution < 1.29 is 39.0 Å². The fourth-order valence-electron chi connectivity index (χ4n) is 5.07. The molecule has 0 bridgehead atoms. The number of aliphatic carboxylic acids is 1. The Hall–Kier alpha value is -4.20. The SMILES string of the molecule is CCC[C@H](NC(=O)[C@@H](NC(=O)CCCC(=O)O)C(C)CC)C(=O)N[C@H](CN[C@@H](C)C(=O)N[C@H](C(=O)NCC)C(C)C)Cc1ccc(O)cc1. The molecule has 0 fully saturated rings. The summed E-state index contributed by atoms with van der Waals surface area (Å²) in [5.74, 6) is -3.35. The molecule has 0 aliphatic heterocycles. The Morgan fingerprint density at radius 1 is 0.755 bits per heavy atom. The Morgan fingerprint density at radius 2 is 1.41 bits per heavy atom. The van der Waals surface area contributed by atoms with Crippen molar-refractivity contribution in [1.82, 2.24) is 31.9 Å². The van der Waals surface area contributed by atoms with E-state index in [2.05, 4.69) is 31.9 Å². The van der Waals surface area contributed by atoms with Crippen LogP contribution in [0.1, 0.15) is 92.6 Å². The molecule has 0 saturated carbocycles. The number of likely N-dealkylation sites (N-methyl/N-ethyl adjacent to an activating group) is 1. The van der Waals surface area contributed by atoms with Crippen molar-refractivity contribution >= 4 is 35.5 Å². The average Bonchev–Trinajstić information content (AvgIpc) is 3.04. The number of phenolic OH excluding ortho intramolecular Hbond substituents is 1. The van der Waals surface area contributed by atoms with Gasteiger partial charge in [-0.1, -0.05) is 59.6 Å². The van der Waals surface area contributed by atoms with E-state index < -0.39 is 53.9 Å². The van der Waals surface area contributed by atoms with Gasteiger partial charge in [0.1, 0.15) is 23.9 Å². The van der Waals surface area contributed by atoms with Gasteiger partial charge in [0.2, 0.25) is 29.5 Å². The zero-order chi connectivity index (χ0) is 37.1. The molecular weight excluding hydrogens is 632 g/mol. The topological polar surface area (TPSA) is 215 Å². The number of carbonyl (C=O) groups is 6. The molecule has 8 N–H and O–H groups in total. The summed E-state index contributed by atoms with van der Waals surface area (Å²) in [5.41, 5.74) is 0.816. The first-order valence-corrected chi connectivity index (χ1v) is 17.3. The van der Waals surface area contributed by atoms with E-state index in [4.69, 9.17) is 5.11 Å². The predicted octanol–water partition coefficient (Wildman–Crippen LogP) is 1.75. The summed E-state index contributed by atoms with van der Waals surface area (Å²) in [4.78, 5) is 76.1. The number of nitrogens with one attached hydrogen (secondary N) is 6. The minimum Gasteiger partial charge on any atom is -0.508 e. The van der Waals surface area contributed by atoms with Crippen LogP contribution in [0, 0.1) is 11.8 Å². The summed E-state index contributed by atoms with van der Waals surface area (Å²) in [5, 5.41) is 35.8. The van der Waals surface area contributed by atoms with E-state index in [0.29, 0.717) is 32.2 Å². The molecule has 49 heavy (non-hydrogen) atoms. The van der Waals surface area contributed by atoms with E-state index in [1.165, 1.54) is 12.1 Å². The molecule has 0 aromatic heterocycles. The highest BCUT2D eigenvalue weighted by Gasteiger charge is 2.31. The summed E-state index contributed by atoms with van der Waals surface area (Å²) in [7, 11) is 0. The van der Waals surface area contributed by atoms with Crippen molar-refractivity contribution in [3.05, 3.63) is 29.8 Å². The van der Waals surface area contributed by atoms with Gasteiger partial charge in [-0.15, -0.1) is 0 Å². The molecule has 1 rings (SSSR count). The number of rotatable bonds is 23. The summed E-state index contributed by atoms with van der Waals surface area (Å²) in [6.45, 7) is 13.3. The quantitative estimate of drug-likeness (QED) is 0.0838. The minimum atomic E-state index is -1.01. The number of aromatic hydroxyl groups is 1. The molecule has 0 spiro atoms. The van der Waals surface area contributed by atoms with Crippen LogP contribution in [0.4, 0.5) is 0 Å². The van der Waals surface area contributed by atoms with Crippen LogP contribution < -0.4 is 31.9 Å². The third kappa shape index (κ3) is 16.2. The molecular formula is C35H58N6O8. The first-order chi connectivity index (χ1) is 23.1. The maximum Gasteiger partial charge on any atom is 0.303 e. The number of benzene rings is 1. The Morgan fingerprint density at radius 3 is 1.96 bits per heavy atom. The number of hydrogen-bond donors (Lipinski definition) is 8. The number of amides is 5. The van der Waals surface area contributed by atoms with Gasteiger partial charge >= 0.3 is 5.97 Å². The van der Waals surface area contributed by atoms with Crippen LogP contribution in [0.5, 0.6) is 5.75 Å². The first kappa shape index (κ1) is 42.8. The summed E-state index contributed by atoms with van der Waals surface area (Å²) in [6.07, 6.45) is 1.75. The Labute approximate surface area is 290 Å². The van der Waals surface area contributed by atoms with Crippen molar-refractivity contribution in [2.75, 3.05) is 13.1 Å². The monoisotopic (exact) mass is 690 g/mol. The van der Waals surface area contributed by atoms with E-state index in [1.807, 2.05) is 34.6 Å². The lowest BCUT2D eigenvalue weighted by molar-refractivity contribution is -0.137. The van der Waals surface area contributed by atoms with Crippen LogP contribution in [0.2, 0.25) is 0 Å². The molecule has 1 unspecified atom stereocenters. The summed E-state index contributed by atoms with van der Waals surface area (Å²) in [6, 6.07) is 2.74. The maximum atomic E-state index is 13.7. The van der Waals surface area contributed by atoms with Crippen LogP contribution in [0.15, 0.2) is 24.3 Å². The predicted molar refractivity (Wildman–Crippen MR) is 186 cm³/mol. The molecule has 0 aliphatic carbocycles. The van der Waals surface area contributed by atoms with E-state index in [0.717, 1.165) is 5.56 Å². The third-order valence-electron chi connectivity index (χ3n) is 8.24. The molecule has 5 amide bonds. The van der Waals surface area contributed by atoms with E-state index in [9.17, 15) is 33.9 Å². The van der Waals surface area contributed by atoms with Gasteiger partial charge in [0.25, 0.3) is 0 Å². The highest BCUT2D eigenvalue weighted by Crippen LogP contribution is 2.13. The standard InChI is InChI=1S/C35H58N6O8/c1-8-12-27(39-35(49)31(22(6)9-2)40-28(43)13-11-14-29(44)45)33(47)38-25(19-24-15-17-26(42)18-16-24)20-37-23(7)32(46)41-30(21(4)5)34(48)36-10-3/h15-18,21-23,25,27,30-31,37,42H,8-14,19-20H2,1-7H3,(H,36,48)(H,38,47)(H,39,49)(H,40,43)(H,41,46)(H,44,45)/t22?,23-,25-,27-,30-,31-/m0/s1. The molecule has 0 heterocycles. The molecule has 6 atom stereocenters. The molecule has 1 aromatic carbocycles. The second kappa shape index (κ2) is 22.4. The van der Waals surface area contributed by atoms with Gasteiger partial charge in [0.05, 0.1) is 6.04 Å². The Kier molecular flexibility index (Phi) is 19.6. The van der Waals surface area contributed by atoms with Crippen LogP contribution >= 0.6 is 0 Å². The molecule has 0 radical (unpaired) electrons. The van der Waals surface area contributed by atoms with E-state index in [1.54, 1.807) is 26.0 Å². The average molecular weight is 691 g/mol. The van der Waals surface area contributed by atoms with Gasteiger partial charge in [-0.05, 0) is 62.6 Å². The number of phenols is 1. The number of hydrogen-bond acceptors (Lipinski definition) is 8. The Bertz CT molecular complexity index is 1220.